The van der Waals surface area contributed by atoms with E-state index in [0.717, 1.165) is 16.7 Å². The van der Waals surface area contributed by atoms with Gasteiger partial charge in [-0.15, -0.1) is 0 Å². The SMILES string of the molecule is CC(C)(C)[C@H]1c2ccccc2-c2ccccc2N1S(=O)(=O)c1ccc(O)cc1. The zero-order chi connectivity index (χ0) is 20.1. The maximum Gasteiger partial charge on any atom is 0.264 e. The Kier molecular flexibility index (Phi) is 4.23. The van der Waals surface area contributed by atoms with Crippen LogP contribution in [0, 0.1) is 5.41 Å². The van der Waals surface area contributed by atoms with Crippen molar-refractivity contribution in [3.63, 3.8) is 0 Å². The third-order valence-corrected chi connectivity index (χ3v) is 6.93. The van der Waals surface area contributed by atoms with E-state index in [1.54, 1.807) is 4.31 Å². The quantitative estimate of drug-likeness (QED) is 0.638. The molecule has 0 amide bonds. The highest BCUT2D eigenvalue weighted by Gasteiger charge is 2.44. The van der Waals surface area contributed by atoms with E-state index in [1.807, 2.05) is 42.5 Å². The molecule has 144 valence electrons. The Morgan fingerprint density at radius 3 is 2.04 bits per heavy atom. The average Bonchev–Trinajstić information content (AvgIpc) is 2.66. The van der Waals surface area contributed by atoms with Gasteiger partial charge in [0, 0.05) is 5.56 Å². The molecule has 0 aromatic heterocycles. The summed E-state index contributed by atoms with van der Waals surface area (Å²) in [5, 5.41) is 9.59. The monoisotopic (exact) mass is 393 g/mol. The van der Waals surface area contributed by atoms with Crippen LogP contribution in [0.2, 0.25) is 0 Å². The maximum absolute atomic E-state index is 13.8. The highest BCUT2D eigenvalue weighted by molar-refractivity contribution is 7.92. The number of benzene rings is 3. The van der Waals surface area contributed by atoms with Crippen molar-refractivity contribution in [3.8, 4) is 16.9 Å². The molecule has 1 aliphatic heterocycles. The summed E-state index contributed by atoms with van der Waals surface area (Å²) in [6.45, 7) is 6.17. The topological polar surface area (TPSA) is 57.6 Å². The minimum Gasteiger partial charge on any atom is -0.508 e. The minimum absolute atomic E-state index is 0.0377. The number of fused-ring (bicyclic) bond motifs is 3. The van der Waals surface area contributed by atoms with Crippen LogP contribution in [0.25, 0.3) is 11.1 Å². The number of para-hydroxylation sites is 1. The Balaban J connectivity index is 2.03. The maximum atomic E-state index is 13.8. The molecule has 0 fully saturated rings. The van der Waals surface area contributed by atoms with Gasteiger partial charge in [0.25, 0.3) is 10.0 Å². The van der Waals surface area contributed by atoms with E-state index in [2.05, 4.69) is 26.8 Å². The second kappa shape index (κ2) is 6.38. The van der Waals surface area contributed by atoms with Crippen molar-refractivity contribution in [2.24, 2.45) is 5.41 Å². The molecule has 1 heterocycles. The average molecular weight is 394 g/mol. The van der Waals surface area contributed by atoms with Gasteiger partial charge in [0.2, 0.25) is 0 Å². The molecule has 1 atom stereocenters. The van der Waals surface area contributed by atoms with Gasteiger partial charge < -0.3 is 5.11 Å². The van der Waals surface area contributed by atoms with Gasteiger partial charge >= 0.3 is 0 Å². The second-order valence-corrected chi connectivity index (χ2v) is 9.98. The van der Waals surface area contributed by atoms with Crippen molar-refractivity contribution in [1.29, 1.82) is 0 Å². The Labute approximate surface area is 166 Å². The fraction of sp³-hybridized carbons (Fsp3) is 0.217. The summed E-state index contributed by atoms with van der Waals surface area (Å²) in [4.78, 5) is 0.161. The molecule has 0 spiro atoms. The number of hydrogen-bond donors (Lipinski definition) is 1. The first kappa shape index (κ1) is 18.6. The van der Waals surface area contributed by atoms with Crippen LogP contribution in [0.1, 0.15) is 32.4 Å². The van der Waals surface area contributed by atoms with E-state index >= 15 is 0 Å². The summed E-state index contributed by atoms with van der Waals surface area (Å²) in [5.74, 6) is 0.0377. The lowest BCUT2D eigenvalue weighted by atomic mass is 9.77. The van der Waals surface area contributed by atoms with Crippen LogP contribution in [-0.2, 0) is 10.0 Å². The smallest absolute Gasteiger partial charge is 0.264 e. The number of aromatic hydroxyl groups is 1. The molecule has 4 nitrogen and oxygen atoms in total. The third kappa shape index (κ3) is 2.87. The predicted molar refractivity (Wildman–Crippen MR) is 112 cm³/mol. The number of phenols is 1. The number of anilines is 1. The van der Waals surface area contributed by atoms with Crippen LogP contribution in [0.5, 0.6) is 5.75 Å². The van der Waals surface area contributed by atoms with Gasteiger partial charge in [-0.2, -0.15) is 0 Å². The summed E-state index contributed by atoms with van der Waals surface area (Å²) in [6.07, 6.45) is 0. The van der Waals surface area contributed by atoms with Crippen molar-refractivity contribution < 1.29 is 13.5 Å². The Morgan fingerprint density at radius 2 is 1.39 bits per heavy atom. The lowest BCUT2D eigenvalue weighted by Gasteiger charge is -2.45. The highest BCUT2D eigenvalue weighted by atomic mass is 32.2. The summed E-state index contributed by atoms with van der Waals surface area (Å²) in [7, 11) is -3.85. The van der Waals surface area contributed by atoms with Crippen molar-refractivity contribution >= 4 is 15.7 Å². The van der Waals surface area contributed by atoms with Gasteiger partial charge in [-0.25, -0.2) is 8.42 Å². The predicted octanol–water partition coefficient (Wildman–Crippen LogP) is 5.36. The normalized spacial score (nSPS) is 16.4. The first-order valence-electron chi connectivity index (χ1n) is 9.23. The fourth-order valence-corrected chi connectivity index (χ4v) is 5.79. The largest absolute Gasteiger partial charge is 0.508 e. The Bertz CT molecular complexity index is 1130. The third-order valence-electron chi connectivity index (χ3n) is 5.14. The van der Waals surface area contributed by atoms with Crippen LogP contribution < -0.4 is 4.31 Å². The number of rotatable bonds is 2. The van der Waals surface area contributed by atoms with E-state index < -0.39 is 10.0 Å². The van der Waals surface area contributed by atoms with Gasteiger partial charge in [0.15, 0.2) is 0 Å². The standard InChI is InChI=1S/C23H23NO3S/c1-23(2,3)22-20-10-5-4-8-18(20)19-9-6-7-11-21(19)24(22)28(26,27)17-14-12-16(25)13-15-17/h4-15,22,25H,1-3H3/t22-/m1/s1. The molecule has 0 saturated heterocycles. The molecule has 0 bridgehead atoms. The first-order chi connectivity index (χ1) is 13.2. The summed E-state index contributed by atoms with van der Waals surface area (Å²) in [5.41, 5.74) is 3.30. The zero-order valence-corrected chi connectivity index (χ0v) is 16.9. The molecule has 1 aliphatic rings. The lowest BCUT2D eigenvalue weighted by molar-refractivity contribution is 0.327. The zero-order valence-electron chi connectivity index (χ0n) is 16.1. The van der Waals surface area contributed by atoms with Crippen molar-refractivity contribution in [2.75, 3.05) is 4.31 Å². The summed E-state index contributed by atoms with van der Waals surface area (Å²) >= 11 is 0. The fourth-order valence-electron chi connectivity index (χ4n) is 3.96. The van der Waals surface area contributed by atoms with E-state index in [0.29, 0.717) is 5.69 Å². The first-order valence-corrected chi connectivity index (χ1v) is 10.7. The van der Waals surface area contributed by atoms with E-state index in [9.17, 15) is 13.5 Å². The molecule has 0 saturated carbocycles. The number of sulfonamides is 1. The molecule has 1 N–H and O–H groups in total. The molecule has 4 rings (SSSR count). The van der Waals surface area contributed by atoms with Gasteiger partial charge in [-0.1, -0.05) is 63.2 Å². The summed E-state index contributed by atoms with van der Waals surface area (Å²) in [6, 6.07) is 21.0. The lowest BCUT2D eigenvalue weighted by Crippen LogP contribution is -2.43. The Hall–Kier alpha value is -2.79. The number of nitrogens with zero attached hydrogens (tertiary/aromatic N) is 1. The van der Waals surface area contributed by atoms with Crippen molar-refractivity contribution in [3.05, 3.63) is 78.4 Å². The van der Waals surface area contributed by atoms with Crippen LogP contribution in [0.4, 0.5) is 5.69 Å². The van der Waals surface area contributed by atoms with Gasteiger partial charge in [-0.05, 0) is 46.9 Å². The van der Waals surface area contributed by atoms with Crippen LogP contribution in [0.3, 0.4) is 0 Å². The molecule has 0 aliphatic carbocycles. The molecule has 28 heavy (non-hydrogen) atoms. The minimum atomic E-state index is -3.85. The molecule has 3 aromatic carbocycles. The molecular formula is C23H23NO3S. The van der Waals surface area contributed by atoms with Crippen LogP contribution >= 0.6 is 0 Å². The summed E-state index contributed by atoms with van der Waals surface area (Å²) < 4.78 is 29.1. The Morgan fingerprint density at radius 1 is 0.821 bits per heavy atom. The molecule has 5 heteroatoms. The van der Waals surface area contributed by atoms with Gasteiger partial charge in [0.05, 0.1) is 16.6 Å². The van der Waals surface area contributed by atoms with E-state index in [-0.39, 0.29) is 22.1 Å². The number of phenolic OH excluding ortho intramolecular Hbond substituents is 1. The molecule has 0 radical (unpaired) electrons. The number of hydrogen-bond acceptors (Lipinski definition) is 3. The van der Waals surface area contributed by atoms with Gasteiger partial charge in [0.1, 0.15) is 5.75 Å². The second-order valence-electron chi connectivity index (χ2n) is 8.17. The van der Waals surface area contributed by atoms with Gasteiger partial charge in [-0.3, -0.25) is 4.31 Å². The van der Waals surface area contributed by atoms with Crippen LogP contribution in [0.15, 0.2) is 77.7 Å². The van der Waals surface area contributed by atoms with Crippen molar-refractivity contribution in [2.45, 2.75) is 31.7 Å². The van der Waals surface area contributed by atoms with Crippen LogP contribution in [-0.4, -0.2) is 13.5 Å². The molecule has 3 aromatic rings. The highest BCUT2D eigenvalue weighted by Crippen LogP contribution is 2.52. The van der Waals surface area contributed by atoms with Crippen molar-refractivity contribution in [1.82, 2.24) is 0 Å². The van der Waals surface area contributed by atoms with E-state index in [4.69, 9.17) is 0 Å². The molecule has 0 unspecified atom stereocenters. The van der Waals surface area contributed by atoms with E-state index in [1.165, 1.54) is 24.3 Å². The molecular weight excluding hydrogens is 370 g/mol.